The van der Waals surface area contributed by atoms with E-state index in [1.807, 2.05) is 6.92 Å². The van der Waals surface area contributed by atoms with Gasteiger partial charge in [-0.25, -0.2) is 4.98 Å². The van der Waals surface area contributed by atoms with E-state index >= 15 is 0 Å². The lowest BCUT2D eigenvalue weighted by molar-refractivity contribution is -0.378. The van der Waals surface area contributed by atoms with Gasteiger partial charge in [0, 0.05) is 6.07 Å². The van der Waals surface area contributed by atoms with E-state index in [1.165, 1.54) is 0 Å². The summed E-state index contributed by atoms with van der Waals surface area (Å²) >= 11 is 0. The zero-order chi connectivity index (χ0) is 7.40. The molecule has 54 valence electrons. The van der Waals surface area contributed by atoms with Crippen molar-refractivity contribution in [1.29, 1.82) is 0 Å². The number of nitrogens with one attached hydrogen (secondary N) is 1. The molecule has 3 heteroatoms. The van der Waals surface area contributed by atoms with E-state index in [-0.39, 0.29) is 0 Å². The van der Waals surface area contributed by atoms with Gasteiger partial charge in [-0.05, 0) is 6.92 Å². The van der Waals surface area contributed by atoms with Crippen LogP contribution in [0.5, 0.6) is 5.75 Å². The predicted molar refractivity (Wildman–Crippen MR) is 38.6 cm³/mol. The maximum atomic E-state index is 5.56. The first kappa shape index (κ1) is 6.86. The molecule has 3 nitrogen and oxygen atoms in total. The van der Waals surface area contributed by atoms with Gasteiger partial charge in [0.25, 0.3) is 0 Å². The molecule has 1 heterocycles. The fourth-order valence-electron chi connectivity index (χ4n) is 0.708. The van der Waals surface area contributed by atoms with Crippen LogP contribution < -0.4 is 15.5 Å². The highest BCUT2D eigenvalue weighted by molar-refractivity contribution is 5.48. The number of rotatable bonds is 2. The van der Waals surface area contributed by atoms with Crippen LogP contribution in [0.25, 0.3) is 0 Å². The second-order valence-electron chi connectivity index (χ2n) is 1.90. The van der Waals surface area contributed by atoms with Gasteiger partial charge in [0.05, 0.1) is 12.3 Å². The van der Waals surface area contributed by atoms with Crippen molar-refractivity contribution >= 4 is 5.69 Å². The molecule has 0 fully saturated rings. The molecule has 3 N–H and O–H groups in total. The summed E-state index contributed by atoms with van der Waals surface area (Å²) in [5.41, 5.74) is 6.23. The summed E-state index contributed by atoms with van der Waals surface area (Å²) < 4.78 is 5.18. The molecular weight excluding hydrogens is 128 g/mol. The standard InChI is InChI=1S/C7H10N2O/c1-2-10-7-5-9-4-3-6(7)8/h3-5H,2H2,1H3,(H2,8,9)/p+1. The van der Waals surface area contributed by atoms with Crippen molar-refractivity contribution in [3.63, 3.8) is 0 Å². The number of nitrogen functional groups attached to an aromatic ring is 1. The van der Waals surface area contributed by atoms with E-state index in [4.69, 9.17) is 10.5 Å². The number of ether oxygens (including phenoxy) is 1. The molecule has 0 saturated heterocycles. The number of aromatic nitrogens is 1. The van der Waals surface area contributed by atoms with Gasteiger partial charge >= 0.3 is 0 Å². The first-order chi connectivity index (χ1) is 4.84. The number of pyridine rings is 1. The van der Waals surface area contributed by atoms with Crippen LogP contribution in [0.4, 0.5) is 5.69 Å². The summed E-state index contributed by atoms with van der Waals surface area (Å²) in [6, 6.07) is 1.77. The highest BCUT2D eigenvalue weighted by Crippen LogP contribution is 2.15. The van der Waals surface area contributed by atoms with E-state index in [0.29, 0.717) is 18.0 Å². The van der Waals surface area contributed by atoms with Gasteiger partial charge in [0.15, 0.2) is 6.20 Å². The molecule has 1 rings (SSSR count). The van der Waals surface area contributed by atoms with Gasteiger partial charge in [0.1, 0.15) is 0 Å². The molecule has 0 saturated carbocycles. The second kappa shape index (κ2) is 3.06. The van der Waals surface area contributed by atoms with Gasteiger partial charge in [-0.1, -0.05) is 0 Å². The van der Waals surface area contributed by atoms with Crippen LogP contribution in [-0.4, -0.2) is 6.61 Å². The van der Waals surface area contributed by atoms with Gasteiger partial charge in [0.2, 0.25) is 11.9 Å². The molecule has 0 aliphatic heterocycles. The van der Waals surface area contributed by atoms with E-state index in [2.05, 4.69) is 4.98 Å². The summed E-state index contributed by atoms with van der Waals surface area (Å²) in [7, 11) is 0. The van der Waals surface area contributed by atoms with Crippen molar-refractivity contribution in [3.8, 4) is 5.75 Å². The molecule has 1 aromatic heterocycles. The highest BCUT2D eigenvalue weighted by Gasteiger charge is 1.99. The van der Waals surface area contributed by atoms with Gasteiger partial charge in [-0.2, -0.15) is 0 Å². The average Bonchev–Trinajstić information content (AvgIpc) is 1.94. The Morgan fingerprint density at radius 2 is 2.50 bits per heavy atom. The third kappa shape index (κ3) is 1.37. The number of aromatic amines is 1. The molecule has 0 bridgehead atoms. The van der Waals surface area contributed by atoms with Crippen molar-refractivity contribution in [3.05, 3.63) is 18.5 Å². The zero-order valence-corrected chi connectivity index (χ0v) is 5.92. The number of H-pyrrole nitrogens is 1. The lowest BCUT2D eigenvalue weighted by Gasteiger charge is -2.00. The maximum absolute atomic E-state index is 5.56. The Kier molecular flexibility index (Phi) is 2.10. The van der Waals surface area contributed by atoms with E-state index < -0.39 is 0 Å². The Labute approximate surface area is 59.8 Å². The molecule has 0 aliphatic carbocycles. The largest absolute Gasteiger partial charge is 0.486 e. The topological polar surface area (TPSA) is 49.4 Å². The molecule has 0 atom stereocenters. The number of anilines is 1. The smallest absolute Gasteiger partial charge is 0.211 e. The normalized spacial score (nSPS) is 9.30. The molecule has 0 aromatic carbocycles. The third-order valence-corrected chi connectivity index (χ3v) is 1.16. The second-order valence-corrected chi connectivity index (χ2v) is 1.90. The van der Waals surface area contributed by atoms with Crippen LogP contribution in [0.3, 0.4) is 0 Å². The van der Waals surface area contributed by atoms with Crippen LogP contribution in [0.15, 0.2) is 18.5 Å². The molecular formula is C7H11N2O+. The summed E-state index contributed by atoms with van der Waals surface area (Å²) in [5.74, 6) is 0.713. The first-order valence-corrected chi connectivity index (χ1v) is 3.23. The van der Waals surface area contributed by atoms with Crippen molar-refractivity contribution in [2.45, 2.75) is 6.92 Å². The molecule has 10 heavy (non-hydrogen) atoms. The minimum absolute atomic E-state index is 0.641. The fourth-order valence-corrected chi connectivity index (χ4v) is 0.708. The highest BCUT2D eigenvalue weighted by atomic mass is 16.5. The average molecular weight is 139 g/mol. The minimum atomic E-state index is 0.641. The Morgan fingerprint density at radius 3 is 3.10 bits per heavy atom. The molecule has 0 aliphatic rings. The van der Waals surface area contributed by atoms with Gasteiger partial charge in [-0.15, -0.1) is 0 Å². The first-order valence-electron chi connectivity index (χ1n) is 3.23. The summed E-state index contributed by atoms with van der Waals surface area (Å²) in [5, 5.41) is 0. The molecule has 1 aromatic rings. The molecule has 0 amide bonds. The Balaban J connectivity index is 2.81. The van der Waals surface area contributed by atoms with Crippen LogP contribution >= 0.6 is 0 Å². The molecule has 0 unspecified atom stereocenters. The number of nitrogens with two attached hydrogens (primary N) is 1. The lowest BCUT2D eigenvalue weighted by atomic mass is 10.4. The third-order valence-electron chi connectivity index (χ3n) is 1.16. The van der Waals surface area contributed by atoms with Crippen molar-refractivity contribution in [2.75, 3.05) is 12.3 Å². The quantitative estimate of drug-likeness (QED) is 0.648. The van der Waals surface area contributed by atoms with Gasteiger partial charge < -0.3 is 10.5 Å². The Hall–Kier alpha value is -1.25. The van der Waals surface area contributed by atoms with Gasteiger partial charge in [-0.3, -0.25) is 0 Å². The minimum Gasteiger partial charge on any atom is -0.486 e. The van der Waals surface area contributed by atoms with Crippen molar-refractivity contribution in [1.82, 2.24) is 0 Å². The van der Waals surface area contributed by atoms with Crippen LogP contribution in [-0.2, 0) is 0 Å². The lowest BCUT2D eigenvalue weighted by Crippen LogP contribution is -2.04. The summed E-state index contributed by atoms with van der Waals surface area (Å²) in [6.45, 7) is 2.56. The molecule has 0 radical (unpaired) electrons. The summed E-state index contributed by atoms with van der Waals surface area (Å²) in [6.07, 6.45) is 3.50. The van der Waals surface area contributed by atoms with E-state index in [1.54, 1.807) is 18.5 Å². The van der Waals surface area contributed by atoms with Crippen LogP contribution in [0, 0.1) is 0 Å². The van der Waals surface area contributed by atoms with Crippen molar-refractivity contribution in [2.24, 2.45) is 0 Å². The Bertz CT molecular complexity index is 213. The monoisotopic (exact) mass is 139 g/mol. The maximum Gasteiger partial charge on any atom is 0.211 e. The summed E-state index contributed by atoms with van der Waals surface area (Å²) in [4.78, 5) is 2.88. The van der Waals surface area contributed by atoms with E-state index in [0.717, 1.165) is 0 Å². The number of hydrogen-bond acceptors (Lipinski definition) is 2. The fraction of sp³-hybridized carbons (Fsp3) is 0.286. The van der Waals surface area contributed by atoms with Crippen LogP contribution in [0.1, 0.15) is 6.92 Å². The zero-order valence-electron chi connectivity index (χ0n) is 5.92. The van der Waals surface area contributed by atoms with Crippen molar-refractivity contribution < 1.29 is 9.72 Å². The predicted octanol–water partition coefficient (Wildman–Crippen LogP) is 0.482. The molecule has 0 spiro atoms. The van der Waals surface area contributed by atoms with E-state index in [9.17, 15) is 0 Å². The Morgan fingerprint density at radius 1 is 1.70 bits per heavy atom. The SMILES string of the molecule is CCOc1c[nH+]ccc1N. The number of hydrogen-bond donors (Lipinski definition) is 1. The van der Waals surface area contributed by atoms with Crippen LogP contribution in [0.2, 0.25) is 0 Å².